The highest BCUT2D eigenvalue weighted by Crippen LogP contribution is 2.50. The van der Waals surface area contributed by atoms with E-state index in [9.17, 15) is 9.18 Å². The standard InChI is InChI=1S/C27H29FO2/c1-20(29)10-4-2-3-5-12-24-26(21-14-16-22(28)17-15-21)23-11-6-7-13-25(23)30-27(24)18-8-9-19-27/h5-7,11-17H,2-4,8-10,18-19H2,1H3/b12-5+. The number of ketones is 1. The molecule has 1 heterocycles. The molecule has 1 spiro atoms. The molecule has 2 nitrogen and oxygen atoms in total. The molecule has 3 heteroatoms. The van der Waals surface area contributed by atoms with Crippen LogP contribution in [0.2, 0.25) is 0 Å². The topological polar surface area (TPSA) is 26.3 Å². The van der Waals surface area contributed by atoms with Crippen LogP contribution in [0.3, 0.4) is 0 Å². The number of para-hydroxylation sites is 1. The summed E-state index contributed by atoms with van der Waals surface area (Å²) in [5, 5.41) is 0. The zero-order valence-corrected chi connectivity index (χ0v) is 17.6. The average Bonchev–Trinajstić information content (AvgIpc) is 3.20. The second kappa shape index (κ2) is 8.99. The van der Waals surface area contributed by atoms with E-state index in [0.29, 0.717) is 6.42 Å². The number of hydrogen-bond acceptors (Lipinski definition) is 2. The second-order valence-corrected chi connectivity index (χ2v) is 8.45. The first-order valence-corrected chi connectivity index (χ1v) is 11.0. The van der Waals surface area contributed by atoms with Gasteiger partial charge in [0.1, 0.15) is 23.0 Å². The molecule has 0 aromatic heterocycles. The molecule has 0 radical (unpaired) electrons. The molecule has 0 atom stereocenters. The van der Waals surface area contributed by atoms with Gasteiger partial charge >= 0.3 is 0 Å². The van der Waals surface area contributed by atoms with Crippen LogP contribution in [-0.2, 0) is 4.79 Å². The van der Waals surface area contributed by atoms with Crippen molar-refractivity contribution in [2.24, 2.45) is 0 Å². The highest BCUT2D eigenvalue weighted by atomic mass is 19.1. The van der Waals surface area contributed by atoms with Crippen LogP contribution in [0.15, 0.2) is 66.3 Å². The van der Waals surface area contributed by atoms with E-state index in [-0.39, 0.29) is 17.2 Å². The van der Waals surface area contributed by atoms with Gasteiger partial charge in [0.05, 0.1) is 0 Å². The van der Waals surface area contributed by atoms with Crippen LogP contribution < -0.4 is 4.74 Å². The van der Waals surface area contributed by atoms with Crippen molar-refractivity contribution in [3.05, 3.63) is 83.2 Å². The fourth-order valence-electron chi connectivity index (χ4n) is 4.72. The van der Waals surface area contributed by atoms with Crippen molar-refractivity contribution >= 4 is 11.4 Å². The Bertz CT molecular complexity index is 963. The quantitative estimate of drug-likeness (QED) is 0.463. The number of benzene rings is 2. The predicted octanol–water partition coefficient (Wildman–Crippen LogP) is 7.04. The lowest BCUT2D eigenvalue weighted by Crippen LogP contribution is -2.38. The normalized spacial score (nSPS) is 17.4. The minimum absolute atomic E-state index is 0.224. The number of rotatable bonds is 7. The lowest BCUT2D eigenvalue weighted by Gasteiger charge is -2.39. The van der Waals surface area contributed by atoms with E-state index in [2.05, 4.69) is 18.2 Å². The lowest BCUT2D eigenvalue weighted by atomic mass is 9.79. The molecule has 156 valence electrons. The van der Waals surface area contributed by atoms with Crippen molar-refractivity contribution in [2.45, 2.75) is 63.9 Å². The Hall–Kier alpha value is -2.68. The van der Waals surface area contributed by atoms with Gasteiger partial charge in [-0.1, -0.05) is 42.5 Å². The van der Waals surface area contributed by atoms with Crippen molar-refractivity contribution in [3.63, 3.8) is 0 Å². The minimum Gasteiger partial charge on any atom is -0.482 e. The Balaban J connectivity index is 1.75. The molecule has 0 unspecified atom stereocenters. The SMILES string of the molecule is CC(=O)CCCC/C=C/C1=C(c2ccc(F)cc2)c2ccccc2OC12CCCC2. The zero-order chi connectivity index (χ0) is 21.0. The Morgan fingerprint density at radius 1 is 1.07 bits per heavy atom. The molecule has 0 bridgehead atoms. The van der Waals surface area contributed by atoms with Crippen molar-refractivity contribution in [1.82, 2.24) is 0 Å². The largest absolute Gasteiger partial charge is 0.482 e. The monoisotopic (exact) mass is 404 g/mol. The van der Waals surface area contributed by atoms with Gasteiger partial charge in [0.2, 0.25) is 0 Å². The lowest BCUT2D eigenvalue weighted by molar-refractivity contribution is -0.117. The second-order valence-electron chi connectivity index (χ2n) is 8.45. The van der Waals surface area contributed by atoms with Crippen LogP contribution >= 0.6 is 0 Å². The fraction of sp³-hybridized carbons (Fsp3) is 0.370. The van der Waals surface area contributed by atoms with Gasteiger partial charge in [0.25, 0.3) is 0 Å². The number of halogens is 1. The van der Waals surface area contributed by atoms with Crippen molar-refractivity contribution in [1.29, 1.82) is 0 Å². The number of allylic oxidation sites excluding steroid dienone is 1. The third-order valence-electron chi connectivity index (χ3n) is 6.20. The molecule has 0 amide bonds. The first-order valence-electron chi connectivity index (χ1n) is 11.0. The molecule has 1 aliphatic heterocycles. The van der Waals surface area contributed by atoms with Crippen molar-refractivity contribution in [3.8, 4) is 5.75 Å². The first-order chi connectivity index (χ1) is 14.6. The zero-order valence-electron chi connectivity index (χ0n) is 17.6. The molecule has 2 aliphatic rings. The summed E-state index contributed by atoms with van der Waals surface area (Å²) in [6, 6.07) is 15.0. The van der Waals surface area contributed by atoms with Crippen LogP contribution in [0, 0.1) is 5.82 Å². The Morgan fingerprint density at radius 3 is 2.53 bits per heavy atom. The molecular weight excluding hydrogens is 375 g/mol. The predicted molar refractivity (Wildman–Crippen MR) is 119 cm³/mol. The van der Waals surface area contributed by atoms with Gasteiger partial charge in [0, 0.05) is 17.6 Å². The third-order valence-corrected chi connectivity index (χ3v) is 6.20. The maximum Gasteiger partial charge on any atom is 0.135 e. The van der Waals surface area contributed by atoms with Gasteiger partial charge in [0.15, 0.2) is 0 Å². The van der Waals surface area contributed by atoms with Crippen LogP contribution in [-0.4, -0.2) is 11.4 Å². The van der Waals surface area contributed by atoms with Gasteiger partial charge in [-0.3, -0.25) is 0 Å². The van der Waals surface area contributed by atoms with Gasteiger partial charge in [-0.05, 0) is 81.2 Å². The molecule has 0 N–H and O–H groups in total. The smallest absolute Gasteiger partial charge is 0.135 e. The summed E-state index contributed by atoms with van der Waals surface area (Å²) in [5.41, 5.74) is 4.14. The van der Waals surface area contributed by atoms with Crippen molar-refractivity contribution in [2.75, 3.05) is 0 Å². The van der Waals surface area contributed by atoms with E-state index >= 15 is 0 Å². The number of carbonyl (C=O) groups excluding carboxylic acids is 1. The van der Waals surface area contributed by atoms with Crippen molar-refractivity contribution < 1.29 is 13.9 Å². The van der Waals surface area contributed by atoms with Crippen LogP contribution in [0.4, 0.5) is 4.39 Å². The molecule has 30 heavy (non-hydrogen) atoms. The minimum atomic E-state index is -0.312. The first kappa shape index (κ1) is 20.6. The molecule has 2 aromatic carbocycles. The number of ether oxygens (including phenoxy) is 1. The Kier molecular flexibility index (Phi) is 6.17. The van der Waals surface area contributed by atoms with Crippen LogP contribution in [0.5, 0.6) is 5.75 Å². The highest BCUT2D eigenvalue weighted by molar-refractivity contribution is 5.88. The third kappa shape index (κ3) is 4.26. The maximum absolute atomic E-state index is 13.6. The van der Waals surface area contributed by atoms with E-state index in [1.807, 2.05) is 30.3 Å². The number of unbranched alkanes of at least 4 members (excludes halogenated alkanes) is 2. The van der Waals surface area contributed by atoms with Crippen LogP contribution in [0.1, 0.15) is 69.4 Å². The van der Waals surface area contributed by atoms with Gasteiger partial charge in [-0.25, -0.2) is 4.39 Å². The van der Waals surface area contributed by atoms with E-state index < -0.39 is 0 Å². The van der Waals surface area contributed by atoms with Gasteiger partial charge in [-0.15, -0.1) is 0 Å². The Morgan fingerprint density at radius 2 is 1.80 bits per heavy atom. The Labute approximate surface area is 178 Å². The summed E-state index contributed by atoms with van der Waals surface area (Å²) in [7, 11) is 0. The molecule has 1 fully saturated rings. The molecule has 2 aromatic rings. The molecular formula is C27H29FO2. The number of fused-ring (bicyclic) bond motifs is 1. The molecule has 1 saturated carbocycles. The number of hydrogen-bond donors (Lipinski definition) is 0. The summed E-state index contributed by atoms with van der Waals surface area (Å²) in [6.45, 7) is 1.65. The highest BCUT2D eigenvalue weighted by Gasteiger charge is 2.44. The van der Waals surface area contributed by atoms with Gasteiger partial charge < -0.3 is 9.53 Å². The average molecular weight is 405 g/mol. The van der Waals surface area contributed by atoms with E-state index in [1.54, 1.807) is 6.92 Å². The summed E-state index contributed by atoms with van der Waals surface area (Å²) in [4.78, 5) is 11.2. The summed E-state index contributed by atoms with van der Waals surface area (Å²) in [5.74, 6) is 0.942. The maximum atomic E-state index is 13.6. The van der Waals surface area contributed by atoms with Crippen LogP contribution in [0.25, 0.3) is 5.57 Å². The summed E-state index contributed by atoms with van der Waals surface area (Å²) >= 11 is 0. The summed E-state index contributed by atoms with van der Waals surface area (Å²) in [6.07, 6.45) is 12.2. The van der Waals surface area contributed by atoms with E-state index in [1.165, 1.54) is 17.7 Å². The molecule has 1 aliphatic carbocycles. The molecule has 0 saturated heterocycles. The van der Waals surface area contributed by atoms with E-state index in [4.69, 9.17) is 4.74 Å². The summed E-state index contributed by atoms with van der Waals surface area (Å²) < 4.78 is 20.3. The number of Topliss-reactive ketones (excluding diaryl/α,β-unsaturated/α-hetero) is 1. The fourth-order valence-corrected chi connectivity index (χ4v) is 4.72. The number of carbonyl (C=O) groups is 1. The van der Waals surface area contributed by atoms with Gasteiger partial charge in [-0.2, -0.15) is 0 Å². The molecule has 4 rings (SSSR count). The van der Waals surface area contributed by atoms with E-state index in [0.717, 1.165) is 67.4 Å².